The lowest BCUT2D eigenvalue weighted by Crippen LogP contribution is -2.31. The number of ether oxygens (including phenoxy) is 1. The number of halogens is 6. The molecule has 188 valence electrons. The summed E-state index contributed by atoms with van der Waals surface area (Å²) in [5.41, 5.74) is -2.84. The minimum Gasteiger partial charge on any atom is -0.492 e. The zero-order valence-electron chi connectivity index (χ0n) is 18.7. The first-order valence-electron chi connectivity index (χ1n) is 10.6. The molecule has 1 aromatic heterocycles. The maximum Gasteiger partial charge on any atom is 0.416 e. The summed E-state index contributed by atoms with van der Waals surface area (Å²) in [4.78, 5) is 19.1. The fourth-order valence-corrected chi connectivity index (χ4v) is 4.51. The molecule has 4 aromatic rings. The Bertz CT molecular complexity index is 1350. The highest BCUT2D eigenvalue weighted by molar-refractivity contribution is 7.22. The highest BCUT2D eigenvalue weighted by atomic mass is 32.1. The highest BCUT2D eigenvalue weighted by Crippen LogP contribution is 2.38. The molecule has 4 rings (SSSR count). The number of para-hydroxylation sites is 1. The van der Waals surface area contributed by atoms with Crippen LogP contribution in [0.3, 0.4) is 0 Å². The topological polar surface area (TPSA) is 42.4 Å². The lowest BCUT2D eigenvalue weighted by Gasteiger charge is -2.21. The summed E-state index contributed by atoms with van der Waals surface area (Å²) in [6, 6.07) is 14.5. The molecule has 0 atom stereocenters. The third-order valence-corrected chi connectivity index (χ3v) is 6.21. The van der Waals surface area contributed by atoms with Gasteiger partial charge >= 0.3 is 12.4 Å². The molecule has 0 saturated heterocycles. The predicted octanol–water partition coefficient (Wildman–Crippen LogP) is 7.58. The molecule has 4 nitrogen and oxygen atoms in total. The maximum absolute atomic E-state index is 13.5. The van der Waals surface area contributed by atoms with Gasteiger partial charge in [-0.15, -0.1) is 0 Å². The van der Waals surface area contributed by atoms with Crippen molar-refractivity contribution in [1.82, 2.24) is 4.98 Å². The van der Waals surface area contributed by atoms with Gasteiger partial charge in [0, 0.05) is 5.56 Å². The first-order chi connectivity index (χ1) is 17.0. The molecule has 11 heteroatoms. The lowest BCUT2D eigenvalue weighted by molar-refractivity contribution is -0.143. The number of hydrogen-bond donors (Lipinski definition) is 0. The number of aromatic nitrogens is 1. The largest absolute Gasteiger partial charge is 0.492 e. The van der Waals surface area contributed by atoms with E-state index in [9.17, 15) is 31.1 Å². The van der Waals surface area contributed by atoms with Crippen molar-refractivity contribution in [1.29, 1.82) is 0 Å². The summed E-state index contributed by atoms with van der Waals surface area (Å²) < 4.78 is 86.7. The number of anilines is 1. The second-order valence-corrected chi connectivity index (χ2v) is 8.71. The van der Waals surface area contributed by atoms with Gasteiger partial charge in [0.1, 0.15) is 11.3 Å². The molecule has 0 bridgehead atoms. The van der Waals surface area contributed by atoms with Crippen LogP contribution in [0, 0.1) is 0 Å². The van der Waals surface area contributed by atoms with E-state index in [1.807, 2.05) is 0 Å². The van der Waals surface area contributed by atoms with Gasteiger partial charge in [-0.05, 0) is 42.8 Å². The molecule has 1 amide bonds. The smallest absolute Gasteiger partial charge is 0.416 e. The number of nitrogens with zero attached hydrogens (tertiary/aromatic N) is 2. The number of rotatable bonds is 6. The monoisotopic (exact) mass is 524 g/mol. The summed E-state index contributed by atoms with van der Waals surface area (Å²) in [6.45, 7) is 2.01. The van der Waals surface area contributed by atoms with Crippen LogP contribution in [0.4, 0.5) is 31.5 Å². The van der Waals surface area contributed by atoms with Crippen LogP contribution in [0.2, 0.25) is 0 Å². The highest BCUT2D eigenvalue weighted by Gasteiger charge is 2.38. The Kier molecular flexibility index (Phi) is 6.94. The van der Waals surface area contributed by atoms with E-state index >= 15 is 0 Å². The number of benzene rings is 3. The van der Waals surface area contributed by atoms with Crippen molar-refractivity contribution < 1.29 is 35.9 Å². The summed E-state index contributed by atoms with van der Waals surface area (Å²) in [5.74, 6) is -0.601. The molecule has 0 aliphatic carbocycles. The van der Waals surface area contributed by atoms with E-state index in [2.05, 4.69) is 4.98 Å². The Labute approximate surface area is 205 Å². The van der Waals surface area contributed by atoms with E-state index in [1.165, 1.54) is 0 Å². The fourth-order valence-electron chi connectivity index (χ4n) is 3.53. The molecule has 0 aliphatic rings. The third-order valence-electron chi connectivity index (χ3n) is 5.16. The van der Waals surface area contributed by atoms with Gasteiger partial charge < -0.3 is 4.74 Å². The molecule has 36 heavy (non-hydrogen) atoms. The molecule has 0 aliphatic heterocycles. The van der Waals surface area contributed by atoms with E-state index < -0.39 is 35.0 Å². The number of fused-ring (bicyclic) bond motifs is 1. The molecule has 0 spiro atoms. The molecule has 1 heterocycles. The second-order valence-electron chi connectivity index (χ2n) is 7.70. The van der Waals surface area contributed by atoms with Gasteiger partial charge in [-0.3, -0.25) is 9.69 Å². The van der Waals surface area contributed by atoms with E-state index in [4.69, 9.17) is 4.74 Å². The number of carbonyl (C=O) groups is 1. The molecular formula is C25H18F6N2O2S. The van der Waals surface area contributed by atoms with Crippen molar-refractivity contribution >= 4 is 32.6 Å². The fraction of sp³-hybridized carbons (Fsp3) is 0.200. The van der Waals surface area contributed by atoms with E-state index in [1.54, 1.807) is 55.5 Å². The number of alkyl halides is 6. The third kappa shape index (κ3) is 5.46. The number of carbonyl (C=O) groups excluding carboxylic acids is 1. The molecule has 0 radical (unpaired) electrons. The SMILES string of the molecule is CCOc1cccc2sc(N(Cc3ccccc3)C(=O)c3cc(C(F)(F)F)cc(C(F)(F)F)c3)nc12. The average Bonchev–Trinajstić information content (AvgIpc) is 3.27. The zero-order valence-corrected chi connectivity index (χ0v) is 19.5. The van der Waals surface area contributed by atoms with E-state index in [0.717, 1.165) is 16.2 Å². The first-order valence-corrected chi connectivity index (χ1v) is 11.5. The van der Waals surface area contributed by atoms with Gasteiger partial charge in [0.05, 0.1) is 29.0 Å². The Balaban J connectivity index is 1.86. The quantitative estimate of drug-likeness (QED) is 0.244. The minimum atomic E-state index is -5.08. The van der Waals surface area contributed by atoms with Gasteiger partial charge in [-0.2, -0.15) is 26.3 Å². The normalized spacial score (nSPS) is 12.1. The summed E-state index contributed by atoms with van der Waals surface area (Å²) in [5, 5.41) is 0.108. The molecule has 0 unspecified atom stereocenters. The number of thiazole rings is 1. The van der Waals surface area contributed by atoms with Crippen molar-refractivity contribution in [2.75, 3.05) is 11.5 Å². The Morgan fingerprint density at radius 3 is 2.14 bits per heavy atom. The van der Waals surface area contributed by atoms with Gasteiger partial charge in [0.25, 0.3) is 5.91 Å². The Hall–Kier alpha value is -3.60. The van der Waals surface area contributed by atoms with E-state index in [-0.39, 0.29) is 17.7 Å². The molecule has 3 aromatic carbocycles. The lowest BCUT2D eigenvalue weighted by atomic mass is 10.0. The summed E-state index contributed by atoms with van der Waals surface area (Å²) in [7, 11) is 0. The maximum atomic E-state index is 13.5. The summed E-state index contributed by atoms with van der Waals surface area (Å²) in [6.07, 6.45) is -10.2. The Morgan fingerprint density at radius 1 is 0.917 bits per heavy atom. The van der Waals surface area contributed by atoms with E-state index in [0.29, 0.717) is 40.3 Å². The average molecular weight is 524 g/mol. The number of amides is 1. The van der Waals surface area contributed by atoms with Crippen LogP contribution >= 0.6 is 11.3 Å². The Morgan fingerprint density at radius 2 is 1.56 bits per heavy atom. The van der Waals surface area contributed by atoms with Crippen LogP contribution in [-0.4, -0.2) is 17.5 Å². The van der Waals surface area contributed by atoms with Crippen molar-refractivity contribution in [2.45, 2.75) is 25.8 Å². The van der Waals surface area contributed by atoms with Crippen LogP contribution < -0.4 is 9.64 Å². The zero-order chi connectivity index (χ0) is 26.1. The van der Waals surface area contributed by atoms with Crippen LogP contribution in [-0.2, 0) is 18.9 Å². The second kappa shape index (κ2) is 9.81. The van der Waals surface area contributed by atoms with Crippen molar-refractivity contribution in [3.8, 4) is 5.75 Å². The first kappa shape index (κ1) is 25.5. The minimum absolute atomic E-state index is 0.00956. The molecular weight excluding hydrogens is 506 g/mol. The summed E-state index contributed by atoms with van der Waals surface area (Å²) >= 11 is 1.08. The predicted molar refractivity (Wildman–Crippen MR) is 124 cm³/mol. The number of hydrogen-bond acceptors (Lipinski definition) is 4. The van der Waals surface area contributed by atoms with Gasteiger partial charge in [0.2, 0.25) is 0 Å². The van der Waals surface area contributed by atoms with Crippen LogP contribution in [0.15, 0.2) is 66.7 Å². The standard InChI is InChI=1S/C25H18F6N2O2S/c1-2-35-19-9-6-10-20-21(19)32-23(36-20)33(14-15-7-4-3-5-8-15)22(34)16-11-17(24(26,27)28)13-18(12-16)25(29,30)31/h3-13H,2,14H2,1H3. The van der Waals surface area contributed by atoms with Crippen molar-refractivity contribution in [3.63, 3.8) is 0 Å². The molecule has 0 N–H and O–H groups in total. The van der Waals surface area contributed by atoms with Crippen LogP contribution in [0.5, 0.6) is 5.75 Å². The van der Waals surface area contributed by atoms with Crippen LogP contribution in [0.1, 0.15) is 34.0 Å². The van der Waals surface area contributed by atoms with Gasteiger partial charge in [0.15, 0.2) is 5.13 Å². The van der Waals surface area contributed by atoms with Gasteiger partial charge in [-0.1, -0.05) is 47.7 Å². The van der Waals surface area contributed by atoms with Crippen LogP contribution in [0.25, 0.3) is 10.2 Å². The van der Waals surface area contributed by atoms with Crippen molar-refractivity contribution in [3.05, 3.63) is 89.0 Å². The van der Waals surface area contributed by atoms with Gasteiger partial charge in [-0.25, -0.2) is 4.98 Å². The molecule has 0 saturated carbocycles. The molecule has 0 fully saturated rings. The van der Waals surface area contributed by atoms with Crippen molar-refractivity contribution in [2.24, 2.45) is 0 Å².